The fraction of sp³-hybridized carbons (Fsp3) is 0.143. The molecule has 8 nitrogen and oxygen atoms in total. The van der Waals surface area contributed by atoms with Crippen LogP contribution in [0.4, 0.5) is 5.69 Å². The fourth-order valence-electron chi connectivity index (χ4n) is 2.92. The van der Waals surface area contributed by atoms with E-state index in [0.29, 0.717) is 10.0 Å². The van der Waals surface area contributed by atoms with Crippen molar-refractivity contribution in [3.8, 4) is 11.5 Å². The summed E-state index contributed by atoms with van der Waals surface area (Å²) in [5.74, 6) is -2.15. The molecule has 3 rings (SSSR count). The van der Waals surface area contributed by atoms with Crippen molar-refractivity contribution >= 4 is 86.0 Å². The van der Waals surface area contributed by atoms with Crippen molar-refractivity contribution < 1.29 is 29.0 Å². The lowest BCUT2D eigenvalue weighted by molar-refractivity contribution is -0.139. The Kier molecular flexibility index (Phi) is 7.96. The standard InChI is InChI=1S/C21H15BrCl2N2O6S/c1-2-31-15-8-10(7-12(22)18(15)32-9-16(27)28)6-11-19(29)25-21(33)26(20(11)30)14-5-3-4-13(23)17(14)24/h3-8H,2,9H2,1H3,(H,27,28)(H,25,29,33)/b11-6+. The monoisotopic (exact) mass is 572 g/mol. The zero-order chi connectivity index (χ0) is 24.3. The van der Waals surface area contributed by atoms with Gasteiger partial charge in [-0.1, -0.05) is 29.3 Å². The molecule has 0 atom stereocenters. The molecule has 172 valence electrons. The summed E-state index contributed by atoms with van der Waals surface area (Å²) in [6.07, 6.45) is 1.35. The van der Waals surface area contributed by atoms with Gasteiger partial charge in [0.2, 0.25) is 0 Å². The van der Waals surface area contributed by atoms with E-state index in [9.17, 15) is 14.4 Å². The van der Waals surface area contributed by atoms with Crippen LogP contribution in [0.25, 0.3) is 6.08 Å². The highest BCUT2D eigenvalue weighted by molar-refractivity contribution is 9.10. The SMILES string of the molecule is CCOc1cc(/C=C2\C(=O)NC(=S)N(c3cccc(Cl)c3Cl)C2=O)cc(Br)c1OCC(=O)O. The van der Waals surface area contributed by atoms with E-state index in [2.05, 4.69) is 21.2 Å². The maximum absolute atomic E-state index is 13.2. The first-order valence-electron chi connectivity index (χ1n) is 9.30. The summed E-state index contributed by atoms with van der Waals surface area (Å²) in [5.41, 5.74) is 0.420. The van der Waals surface area contributed by atoms with Crippen LogP contribution in [-0.2, 0) is 14.4 Å². The molecule has 2 amide bonds. The fourth-order valence-corrected chi connectivity index (χ4v) is 4.14. The van der Waals surface area contributed by atoms with Gasteiger partial charge in [0, 0.05) is 0 Å². The molecule has 33 heavy (non-hydrogen) atoms. The average Bonchev–Trinajstić information content (AvgIpc) is 2.73. The number of benzene rings is 2. The normalized spacial score (nSPS) is 15.0. The number of nitrogens with zero attached hydrogens (tertiary/aromatic N) is 1. The topological polar surface area (TPSA) is 105 Å². The predicted molar refractivity (Wildman–Crippen MR) is 131 cm³/mol. The van der Waals surface area contributed by atoms with Gasteiger partial charge in [-0.15, -0.1) is 0 Å². The van der Waals surface area contributed by atoms with Crippen molar-refractivity contribution in [2.24, 2.45) is 0 Å². The molecule has 0 aromatic heterocycles. The van der Waals surface area contributed by atoms with Gasteiger partial charge in [0.1, 0.15) is 5.57 Å². The number of anilines is 1. The zero-order valence-corrected chi connectivity index (χ0v) is 20.8. The number of carbonyl (C=O) groups excluding carboxylic acids is 2. The number of aliphatic carboxylic acids is 1. The Hall–Kier alpha value is -2.66. The minimum atomic E-state index is -1.16. The van der Waals surface area contributed by atoms with Crippen molar-refractivity contribution in [2.75, 3.05) is 18.1 Å². The minimum Gasteiger partial charge on any atom is -0.490 e. The van der Waals surface area contributed by atoms with Crippen LogP contribution in [0.5, 0.6) is 11.5 Å². The number of carboxylic acids is 1. The molecule has 1 fully saturated rings. The van der Waals surface area contributed by atoms with Gasteiger partial charge in [-0.05, 0) is 71.0 Å². The van der Waals surface area contributed by atoms with Crippen LogP contribution in [0.15, 0.2) is 40.4 Å². The van der Waals surface area contributed by atoms with Crippen LogP contribution in [0.2, 0.25) is 10.0 Å². The number of ether oxygens (including phenoxy) is 2. The van der Waals surface area contributed by atoms with Crippen LogP contribution in [0.3, 0.4) is 0 Å². The molecule has 0 aliphatic carbocycles. The highest BCUT2D eigenvalue weighted by atomic mass is 79.9. The highest BCUT2D eigenvalue weighted by Gasteiger charge is 2.35. The maximum Gasteiger partial charge on any atom is 0.341 e. The first-order chi connectivity index (χ1) is 15.6. The summed E-state index contributed by atoms with van der Waals surface area (Å²) in [5, 5.41) is 11.5. The first-order valence-corrected chi connectivity index (χ1v) is 11.3. The summed E-state index contributed by atoms with van der Waals surface area (Å²) in [4.78, 5) is 37.8. The second-order valence-electron chi connectivity index (χ2n) is 6.48. The number of carbonyl (C=O) groups is 3. The molecule has 0 spiro atoms. The van der Waals surface area contributed by atoms with Gasteiger partial charge in [0.25, 0.3) is 11.8 Å². The number of hydrogen-bond acceptors (Lipinski definition) is 6. The Labute approximate surface area is 212 Å². The summed E-state index contributed by atoms with van der Waals surface area (Å²) in [6.45, 7) is 1.43. The van der Waals surface area contributed by atoms with Crippen LogP contribution >= 0.6 is 51.3 Å². The third-order valence-electron chi connectivity index (χ3n) is 4.26. The van der Waals surface area contributed by atoms with Crippen molar-refractivity contribution in [3.05, 3.63) is 56.0 Å². The Morgan fingerprint density at radius 1 is 1.27 bits per heavy atom. The van der Waals surface area contributed by atoms with Crippen LogP contribution in [0.1, 0.15) is 12.5 Å². The summed E-state index contributed by atoms with van der Waals surface area (Å²) in [7, 11) is 0. The molecule has 2 aromatic carbocycles. The van der Waals surface area contributed by atoms with Crippen molar-refractivity contribution in [1.29, 1.82) is 0 Å². The van der Waals surface area contributed by atoms with E-state index < -0.39 is 24.4 Å². The molecule has 2 aromatic rings. The second kappa shape index (κ2) is 10.5. The van der Waals surface area contributed by atoms with Gasteiger partial charge < -0.3 is 14.6 Å². The largest absolute Gasteiger partial charge is 0.490 e. The minimum absolute atomic E-state index is 0.103. The lowest BCUT2D eigenvalue weighted by Gasteiger charge is -2.29. The maximum atomic E-state index is 13.2. The molecule has 0 radical (unpaired) electrons. The Balaban J connectivity index is 2.04. The van der Waals surface area contributed by atoms with Gasteiger partial charge in [0.15, 0.2) is 23.2 Å². The van der Waals surface area contributed by atoms with Crippen molar-refractivity contribution in [3.63, 3.8) is 0 Å². The summed E-state index contributed by atoms with van der Waals surface area (Å²) >= 11 is 20.8. The average molecular weight is 574 g/mol. The summed E-state index contributed by atoms with van der Waals surface area (Å²) in [6, 6.07) is 7.77. The van der Waals surface area contributed by atoms with E-state index in [1.807, 2.05) is 0 Å². The van der Waals surface area contributed by atoms with E-state index in [4.69, 9.17) is 50.0 Å². The quantitative estimate of drug-likeness (QED) is 0.286. The molecular formula is C21H15BrCl2N2O6S. The molecule has 0 unspecified atom stereocenters. The molecular weight excluding hydrogens is 559 g/mol. The van der Waals surface area contributed by atoms with E-state index in [1.165, 1.54) is 12.1 Å². The Morgan fingerprint density at radius 2 is 2.00 bits per heavy atom. The third-order valence-corrected chi connectivity index (χ3v) is 5.94. The summed E-state index contributed by atoms with van der Waals surface area (Å²) < 4.78 is 11.2. The number of amides is 2. The molecule has 2 N–H and O–H groups in total. The lowest BCUT2D eigenvalue weighted by Crippen LogP contribution is -2.54. The molecule has 1 aliphatic rings. The molecule has 1 heterocycles. The van der Waals surface area contributed by atoms with E-state index >= 15 is 0 Å². The highest BCUT2D eigenvalue weighted by Crippen LogP contribution is 2.38. The van der Waals surface area contributed by atoms with Crippen LogP contribution in [0, 0.1) is 0 Å². The number of thiocarbonyl (C=S) groups is 1. The predicted octanol–water partition coefficient (Wildman–Crippen LogP) is 4.45. The van der Waals surface area contributed by atoms with Gasteiger partial charge in [-0.2, -0.15) is 0 Å². The Morgan fingerprint density at radius 3 is 2.67 bits per heavy atom. The van der Waals surface area contributed by atoms with Gasteiger partial charge >= 0.3 is 5.97 Å². The van der Waals surface area contributed by atoms with Gasteiger partial charge in [-0.3, -0.25) is 19.8 Å². The molecule has 0 saturated carbocycles. The van der Waals surface area contributed by atoms with Gasteiger partial charge in [0.05, 0.1) is 26.8 Å². The van der Waals surface area contributed by atoms with Crippen LogP contribution in [-0.4, -0.2) is 41.2 Å². The molecule has 0 bridgehead atoms. The van der Waals surface area contributed by atoms with E-state index in [-0.39, 0.29) is 44.5 Å². The van der Waals surface area contributed by atoms with Crippen molar-refractivity contribution in [1.82, 2.24) is 5.32 Å². The number of carboxylic acid groups (broad SMARTS) is 1. The van der Waals surface area contributed by atoms with Gasteiger partial charge in [-0.25, -0.2) is 4.79 Å². The zero-order valence-electron chi connectivity index (χ0n) is 16.9. The molecule has 1 saturated heterocycles. The molecule has 12 heteroatoms. The Bertz CT molecular complexity index is 1200. The van der Waals surface area contributed by atoms with E-state index in [0.717, 1.165) is 4.90 Å². The van der Waals surface area contributed by atoms with E-state index in [1.54, 1.807) is 31.2 Å². The number of halogens is 3. The van der Waals surface area contributed by atoms with Crippen LogP contribution < -0.4 is 19.7 Å². The smallest absolute Gasteiger partial charge is 0.341 e. The second-order valence-corrected chi connectivity index (χ2v) is 8.50. The third kappa shape index (κ3) is 5.47. The molecule has 1 aliphatic heterocycles. The lowest BCUT2D eigenvalue weighted by atomic mass is 10.1. The first kappa shape index (κ1) is 25.0. The van der Waals surface area contributed by atoms with Crippen molar-refractivity contribution in [2.45, 2.75) is 6.92 Å². The number of hydrogen-bond donors (Lipinski definition) is 2. The number of nitrogens with one attached hydrogen (secondary N) is 1. The number of rotatable bonds is 7.